The first-order valence-corrected chi connectivity index (χ1v) is 8.79. The molecule has 0 saturated carbocycles. The van der Waals surface area contributed by atoms with E-state index in [9.17, 15) is 0 Å². The summed E-state index contributed by atoms with van der Waals surface area (Å²) in [5, 5.41) is 12.9. The smallest absolute Gasteiger partial charge is 0.276 e. The number of hydrogen-bond donors (Lipinski definition) is 0. The van der Waals surface area contributed by atoms with Crippen molar-refractivity contribution in [3.05, 3.63) is 34.6 Å². The monoisotopic (exact) mass is 339 g/mol. The zero-order valence-electron chi connectivity index (χ0n) is 14.9. The van der Waals surface area contributed by atoms with Crippen molar-refractivity contribution in [1.82, 2.24) is 25.1 Å². The van der Waals surface area contributed by atoms with Crippen molar-refractivity contribution < 1.29 is 9.05 Å². The van der Waals surface area contributed by atoms with Crippen molar-refractivity contribution in [1.29, 1.82) is 0 Å². The van der Waals surface area contributed by atoms with Crippen molar-refractivity contribution in [2.45, 2.75) is 51.4 Å². The van der Waals surface area contributed by atoms with E-state index in [0.717, 1.165) is 36.4 Å². The summed E-state index contributed by atoms with van der Waals surface area (Å²) in [6.45, 7) is 6.42. The maximum Gasteiger partial charge on any atom is 0.276 e. The molecule has 2 aliphatic carbocycles. The SMILES string of the molecule is Cc1noc(-c2c3c(nn2C)C2(C)Cc4cnoc4[C@@H](C)[C@@H]2CC3)n1. The lowest BCUT2D eigenvalue weighted by molar-refractivity contribution is 0.172. The van der Waals surface area contributed by atoms with Crippen LogP contribution >= 0.6 is 0 Å². The summed E-state index contributed by atoms with van der Waals surface area (Å²) in [6.07, 6.45) is 4.84. The number of fused-ring (bicyclic) bond motifs is 4. The first kappa shape index (κ1) is 14.9. The third kappa shape index (κ3) is 1.86. The molecule has 0 aliphatic heterocycles. The van der Waals surface area contributed by atoms with Crippen LogP contribution in [0.1, 0.15) is 54.6 Å². The third-order valence-corrected chi connectivity index (χ3v) is 6.19. The average Bonchev–Trinajstić information content (AvgIpc) is 3.26. The van der Waals surface area contributed by atoms with Crippen LogP contribution in [0.15, 0.2) is 15.2 Å². The minimum atomic E-state index is -0.0311. The molecule has 130 valence electrons. The summed E-state index contributed by atoms with van der Waals surface area (Å²) in [7, 11) is 1.96. The second-order valence-corrected chi connectivity index (χ2v) is 7.69. The van der Waals surface area contributed by atoms with Gasteiger partial charge in [-0.25, -0.2) is 0 Å². The van der Waals surface area contributed by atoms with Crippen LogP contribution in [-0.2, 0) is 25.3 Å². The van der Waals surface area contributed by atoms with Gasteiger partial charge in [-0.3, -0.25) is 4.68 Å². The second kappa shape index (κ2) is 4.80. The molecule has 2 aliphatic rings. The van der Waals surface area contributed by atoms with E-state index in [-0.39, 0.29) is 5.41 Å². The molecule has 0 radical (unpaired) electrons. The minimum Gasteiger partial charge on any atom is -0.361 e. The topological polar surface area (TPSA) is 82.8 Å². The van der Waals surface area contributed by atoms with Gasteiger partial charge in [0.25, 0.3) is 5.89 Å². The molecule has 0 aromatic carbocycles. The van der Waals surface area contributed by atoms with Gasteiger partial charge in [-0.2, -0.15) is 10.1 Å². The van der Waals surface area contributed by atoms with Crippen LogP contribution < -0.4 is 0 Å². The molecule has 1 unspecified atom stereocenters. The molecule has 25 heavy (non-hydrogen) atoms. The molecule has 3 aromatic heterocycles. The molecule has 7 nitrogen and oxygen atoms in total. The Balaban J connectivity index is 1.69. The summed E-state index contributed by atoms with van der Waals surface area (Å²) in [6, 6.07) is 0. The molecule has 7 heteroatoms. The molecule has 5 rings (SSSR count). The Morgan fingerprint density at radius 3 is 2.92 bits per heavy atom. The van der Waals surface area contributed by atoms with Gasteiger partial charge in [-0.05, 0) is 32.1 Å². The molecule has 0 N–H and O–H groups in total. The number of aryl methyl sites for hydroxylation is 2. The molecule has 0 saturated heterocycles. The summed E-state index contributed by atoms with van der Waals surface area (Å²) >= 11 is 0. The van der Waals surface area contributed by atoms with Crippen LogP contribution in [0.5, 0.6) is 0 Å². The van der Waals surface area contributed by atoms with Crippen LogP contribution in [-0.4, -0.2) is 25.1 Å². The van der Waals surface area contributed by atoms with E-state index < -0.39 is 0 Å². The lowest BCUT2D eigenvalue weighted by Crippen LogP contribution is -2.44. The Hall–Kier alpha value is -2.44. The number of hydrogen-bond acceptors (Lipinski definition) is 6. The summed E-state index contributed by atoms with van der Waals surface area (Å²) in [4.78, 5) is 4.43. The molecule has 3 aromatic rings. The fourth-order valence-corrected chi connectivity index (χ4v) is 5.09. The highest BCUT2D eigenvalue weighted by Crippen LogP contribution is 2.54. The van der Waals surface area contributed by atoms with Crippen LogP contribution in [0.4, 0.5) is 0 Å². The van der Waals surface area contributed by atoms with Gasteiger partial charge in [0.05, 0.1) is 11.9 Å². The fraction of sp³-hybridized carbons (Fsp3) is 0.556. The molecule has 0 bridgehead atoms. The van der Waals surface area contributed by atoms with Crippen LogP contribution in [0, 0.1) is 12.8 Å². The molecule has 0 spiro atoms. The van der Waals surface area contributed by atoms with Crippen LogP contribution in [0.25, 0.3) is 11.6 Å². The van der Waals surface area contributed by atoms with Gasteiger partial charge < -0.3 is 9.05 Å². The van der Waals surface area contributed by atoms with E-state index in [2.05, 4.69) is 29.1 Å². The van der Waals surface area contributed by atoms with Gasteiger partial charge in [0.2, 0.25) is 0 Å². The lowest BCUT2D eigenvalue weighted by atomic mass is 9.57. The first-order chi connectivity index (χ1) is 12.0. The van der Waals surface area contributed by atoms with Crippen molar-refractivity contribution in [3.63, 3.8) is 0 Å². The van der Waals surface area contributed by atoms with Gasteiger partial charge in [0.1, 0.15) is 11.5 Å². The highest BCUT2D eigenvalue weighted by Gasteiger charge is 2.51. The minimum absolute atomic E-state index is 0.0311. The zero-order valence-corrected chi connectivity index (χ0v) is 14.9. The molecule has 0 fully saturated rings. The fourth-order valence-electron chi connectivity index (χ4n) is 5.09. The molecular formula is C18H21N5O2. The predicted octanol–water partition coefficient (Wildman–Crippen LogP) is 2.95. The van der Waals surface area contributed by atoms with Gasteiger partial charge >= 0.3 is 0 Å². The normalized spacial score (nSPS) is 27.7. The van der Waals surface area contributed by atoms with E-state index in [4.69, 9.17) is 14.1 Å². The Bertz CT molecular complexity index is 968. The zero-order chi connectivity index (χ0) is 17.3. The van der Waals surface area contributed by atoms with E-state index in [1.807, 2.05) is 24.9 Å². The van der Waals surface area contributed by atoms with E-state index >= 15 is 0 Å². The average molecular weight is 339 g/mol. The Morgan fingerprint density at radius 2 is 2.16 bits per heavy atom. The number of rotatable bonds is 1. The summed E-state index contributed by atoms with van der Waals surface area (Å²) in [5.74, 6) is 3.10. The molecular weight excluding hydrogens is 318 g/mol. The van der Waals surface area contributed by atoms with E-state index in [1.54, 1.807) is 0 Å². The number of nitrogens with zero attached hydrogens (tertiary/aromatic N) is 5. The van der Waals surface area contributed by atoms with Crippen LogP contribution in [0.2, 0.25) is 0 Å². The Kier molecular flexibility index (Phi) is 2.86. The molecule has 0 amide bonds. The Labute approximate surface area is 145 Å². The first-order valence-electron chi connectivity index (χ1n) is 8.79. The van der Waals surface area contributed by atoms with Crippen molar-refractivity contribution in [2.75, 3.05) is 0 Å². The van der Waals surface area contributed by atoms with Crippen molar-refractivity contribution in [3.8, 4) is 11.6 Å². The van der Waals surface area contributed by atoms with Crippen molar-refractivity contribution >= 4 is 0 Å². The molecule has 3 atom stereocenters. The van der Waals surface area contributed by atoms with Gasteiger partial charge in [0, 0.05) is 29.5 Å². The second-order valence-electron chi connectivity index (χ2n) is 7.69. The Morgan fingerprint density at radius 1 is 1.32 bits per heavy atom. The highest BCUT2D eigenvalue weighted by atomic mass is 16.5. The predicted molar refractivity (Wildman–Crippen MR) is 89.0 cm³/mol. The van der Waals surface area contributed by atoms with E-state index in [0.29, 0.717) is 23.6 Å². The van der Waals surface area contributed by atoms with E-state index in [1.165, 1.54) is 11.1 Å². The van der Waals surface area contributed by atoms with Gasteiger partial charge in [0.15, 0.2) is 5.82 Å². The van der Waals surface area contributed by atoms with Crippen LogP contribution in [0.3, 0.4) is 0 Å². The summed E-state index contributed by atoms with van der Waals surface area (Å²) < 4.78 is 12.9. The number of aromatic nitrogens is 5. The highest BCUT2D eigenvalue weighted by molar-refractivity contribution is 5.58. The van der Waals surface area contributed by atoms with Crippen molar-refractivity contribution in [2.24, 2.45) is 13.0 Å². The summed E-state index contributed by atoms with van der Waals surface area (Å²) in [5.41, 5.74) is 4.54. The quantitative estimate of drug-likeness (QED) is 0.678. The van der Waals surface area contributed by atoms with Gasteiger partial charge in [-0.1, -0.05) is 24.2 Å². The largest absolute Gasteiger partial charge is 0.361 e. The maximum atomic E-state index is 5.54. The maximum absolute atomic E-state index is 5.54. The third-order valence-electron chi connectivity index (χ3n) is 6.19. The van der Waals surface area contributed by atoms with Gasteiger partial charge in [-0.15, -0.1) is 0 Å². The molecule has 3 heterocycles. The lowest BCUT2D eigenvalue weighted by Gasteiger charge is -2.46. The standard InChI is InChI=1S/C18H21N5O2/c1-9-13-6-5-12-14(17-20-10(2)22-25-17)23(4)21-16(12)18(13,3)7-11-8-19-24-15(9)11/h8-9,13H,5-7H2,1-4H3/t9-,13-,18?/m0/s1.